The highest BCUT2D eigenvalue weighted by Gasteiger charge is 2.54. The predicted octanol–water partition coefficient (Wildman–Crippen LogP) is 8.59. The number of carbonyl (C=O) groups excluding carboxylic acids is 2. The number of aliphatic hydroxyl groups excluding tert-OH is 5. The number of esters is 2. The molecule has 392 valence electrons. The zero-order valence-electron chi connectivity index (χ0n) is 40.4. The van der Waals surface area contributed by atoms with Gasteiger partial charge in [-0.1, -0.05) is 151 Å². The molecule has 0 aliphatic heterocycles. The lowest BCUT2D eigenvalue weighted by Gasteiger charge is -2.43. The predicted molar refractivity (Wildman–Crippen MR) is 261 cm³/mol. The molecular weight excluding hydrogens is 922 g/mol. The number of phosphoric ester groups is 2. The third-order valence-electron chi connectivity index (χ3n) is 10.9. The van der Waals surface area contributed by atoms with E-state index in [2.05, 4.69) is 60.9 Å². The number of hydrogen-bond donors (Lipinski definition) is 8. The van der Waals surface area contributed by atoms with Crippen molar-refractivity contribution in [2.75, 3.05) is 13.2 Å². The van der Waals surface area contributed by atoms with E-state index in [4.69, 9.17) is 18.5 Å². The fourth-order valence-corrected chi connectivity index (χ4v) is 8.59. The van der Waals surface area contributed by atoms with Gasteiger partial charge in [-0.15, -0.1) is 0 Å². The van der Waals surface area contributed by atoms with Gasteiger partial charge in [0, 0.05) is 12.8 Å². The molecule has 8 N–H and O–H groups in total. The van der Waals surface area contributed by atoms with Gasteiger partial charge in [0.15, 0.2) is 6.10 Å². The van der Waals surface area contributed by atoms with Gasteiger partial charge in [0.2, 0.25) is 0 Å². The lowest BCUT2D eigenvalue weighted by Crippen LogP contribution is -2.64. The number of carbonyl (C=O) groups is 2. The number of unbranched alkanes of at least 4 members (excludes halogenated alkanes) is 13. The summed E-state index contributed by atoms with van der Waals surface area (Å²) in [6, 6.07) is 0. The molecule has 1 saturated carbocycles. The molecule has 0 spiro atoms. The Bertz CT molecular complexity index is 1610. The monoisotopic (exact) mass is 1010 g/mol. The van der Waals surface area contributed by atoms with Crippen molar-refractivity contribution in [2.45, 2.75) is 210 Å². The maximum Gasteiger partial charge on any atom is 0.472 e. The van der Waals surface area contributed by atoms with Crippen LogP contribution in [0.3, 0.4) is 0 Å². The molecule has 0 saturated heterocycles. The first-order chi connectivity index (χ1) is 32.5. The fourth-order valence-electron chi connectivity index (χ4n) is 7.05. The van der Waals surface area contributed by atoms with Crippen molar-refractivity contribution in [1.29, 1.82) is 0 Å². The summed E-state index contributed by atoms with van der Waals surface area (Å²) in [6.45, 7) is 2.82. The smallest absolute Gasteiger partial charge is 0.462 e. The van der Waals surface area contributed by atoms with E-state index in [1.165, 1.54) is 38.5 Å². The first-order valence-corrected chi connectivity index (χ1v) is 27.6. The minimum Gasteiger partial charge on any atom is -0.462 e. The Morgan fingerprint density at radius 3 is 1.65 bits per heavy atom. The molecule has 0 heterocycles. The number of aliphatic hydroxyl groups is 5. The summed E-state index contributed by atoms with van der Waals surface area (Å²) < 4.78 is 49.3. The number of hydrogen-bond acceptors (Lipinski definition) is 14. The molecule has 6 unspecified atom stereocenters. The third-order valence-corrected chi connectivity index (χ3v) is 12.4. The molecule has 0 bridgehead atoms. The van der Waals surface area contributed by atoms with E-state index in [0.29, 0.717) is 6.42 Å². The molecular formula is C49H84O17P2. The van der Waals surface area contributed by atoms with Crippen LogP contribution in [0.15, 0.2) is 72.9 Å². The van der Waals surface area contributed by atoms with Gasteiger partial charge in [0.1, 0.15) is 43.2 Å². The van der Waals surface area contributed by atoms with E-state index >= 15 is 0 Å². The SMILES string of the molecule is CC/C=C\C/C=C\C/C=C\C/C=C\C=C\C(O)CCCC(=O)OC[C@H](COP(=O)(O)O[C@H]1C(O)C(O)C(O)[C@@H](OP(=O)(O)O)C1O)OC(=O)CCCCCCCCC/C=C\CCCCCCCC. The van der Waals surface area contributed by atoms with Gasteiger partial charge >= 0.3 is 27.6 Å². The Labute approximate surface area is 404 Å². The molecule has 0 radical (unpaired) electrons. The van der Waals surface area contributed by atoms with Gasteiger partial charge in [0.25, 0.3) is 0 Å². The van der Waals surface area contributed by atoms with E-state index in [1.54, 1.807) is 12.2 Å². The average Bonchev–Trinajstić information content (AvgIpc) is 3.29. The fraction of sp³-hybridized carbons (Fsp3) is 0.714. The molecule has 68 heavy (non-hydrogen) atoms. The van der Waals surface area contributed by atoms with E-state index in [9.17, 15) is 58.9 Å². The Balaban J connectivity index is 2.66. The topological polar surface area (TPSA) is 276 Å². The zero-order chi connectivity index (χ0) is 50.5. The van der Waals surface area contributed by atoms with Crippen LogP contribution < -0.4 is 0 Å². The highest BCUT2D eigenvalue weighted by Crippen LogP contribution is 2.49. The van der Waals surface area contributed by atoms with Crippen molar-refractivity contribution >= 4 is 27.6 Å². The molecule has 19 heteroatoms. The summed E-state index contributed by atoms with van der Waals surface area (Å²) in [4.78, 5) is 54.4. The quantitative estimate of drug-likeness (QED) is 0.00938. The van der Waals surface area contributed by atoms with E-state index in [-0.39, 0.29) is 25.7 Å². The molecule has 1 fully saturated rings. The van der Waals surface area contributed by atoms with Crippen LogP contribution in [0.2, 0.25) is 0 Å². The van der Waals surface area contributed by atoms with Gasteiger partial charge in [-0.2, -0.15) is 0 Å². The molecule has 0 aromatic rings. The van der Waals surface area contributed by atoms with Crippen LogP contribution in [0.1, 0.15) is 162 Å². The van der Waals surface area contributed by atoms with Gasteiger partial charge in [-0.3, -0.25) is 23.2 Å². The second-order valence-corrected chi connectivity index (χ2v) is 19.6. The van der Waals surface area contributed by atoms with E-state index in [1.807, 2.05) is 18.2 Å². The Morgan fingerprint density at radius 1 is 0.559 bits per heavy atom. The highest BCUT2D eigenvalue weighted by molar-refractivity contribution is 7.47. The lowest BCUT2D eigenvalue weighted by atomic mass is 9.85. The van der Waals surface area contributed by atoms with Crippen LogP contribution in [0.25, 0.3) is 0 Å². The van der Waals surface area contributed by atoms with Crippen LogP contribution in [0.4, 0.5) is 0 Å². The number of allylic oxidation sites excluding steroid dienone is 11. The first-order valence-electron chi connectivity index (χ1n) is 24.6. The van der Waals surface area contributed by atoms with E-state index < -0.39 is 89.6 Å². The number of rotatable bonds is 40. The standard InChI is InChI=1S/C49H84O17P2/c1-3-5-7-9-11-13-15-17-18-19-20-22-24-26-28-30-32-36-43(52)64-41(39-63-68(60,61)66-49-46(55)44(53)45(54)48(47(49)56)65-67(57,58)59)38-62-42(51)37-33-35-40(50)34-31-29-27-25-23-21-16-14-12-10-8-6-4-2/h6,8,12,14,17-18,21,23,27,29,31,34,40-41,44-50,53-56H,3-5,7,9-11,13,15-16,19-20,22,24-26,28,30,32-33,35-39H2,1-2H3,(H,60,61)(H2,57,58,59)/b8-6-,14-12-,18-17-,23-21-,29-27-,34-31+/t40?,41-,44?,45?,46?,47?,48-,49+/m1/s1. The molecule has 1 aliphatic rings. The van der Waals surface area contributed by atoms with Gasteiger partial charge < -0.3 is 49.7 Å². The summed E-state index contributed by atoms with van der Waals surface area (Å²) in [6.07, 6.45) is 28.7. The van der Waals surface area contributed by atoms with Crippen molar-refractivity contribution in [1.82, 2.24) is 0 Å². The van der Waals surface area contributed by atoms with Crippen LogP contribution in [0, 0.1) is 0 Å². The Kier molecular flexibility index (Phi) is 36.4. The minimum atomic E-state index is -5.39. The van der Waals surface area contributed by atoms with Crippen molar-refractivity contribution in [2.24, 2.45) is 0 Å². The summed E-state index contributed by atoms with van der Waals surface area (Å²) in [5.74, 6) is -1.42. The zero-order valence-corrected chi connectivity index (χ0v) is 42.2. The molecule has 0 aromatic carbocycles. The number of phosphoric acid groups is 2. The summed E-state index contributed by atoms with van der Waals surface area (Å²) in [5, 5.41) is 51.6. The number of ether oxygens (including phenoxy) is 2. The Morgan fingerprint density at radius 2 is 1.07 bits per heavy atom. The van der Waals surface area contributed by atoms with E-state index in [0.717, 1.165) is 77.0 Å². The minimum absolute atomic E-state index is 0.00488. The molecule has 1 rings (SSSR count). The van der Waals surface area contributed by atoms with Crippen molar-refractivity contribution in [3.63, 3.8) is 0 Å². The van der Waals surface area contributed by atoms with Crippen molar-refractivity contribution < 1.29 is 82.0 Å². The molecule has 1 aliphatic carbocycles. The highest BCUT2D eigenvalue weighted by atomic mass is 31.2. The third kappa shape index (κ3) is 33.1. The second-order valence-electron chi connectivity index (χ2n) is 17.0. The lowest BCUT2D eigenvalue weighted by molar-refractivity contribution is -0.216. The molecule has 0 amide bonds. The van der Waals surface area contributed by atoms with Crippen molar-refractivity contribution in [3.05, 3.63) is 72.9 Å². The maximum absolute atomic E-state index is 13.0. The molecule has 0 aromatic heterocycles. The normalized spacial score (nSPS) is 22.3. The first kappa shape index (κ1) is 63.4. The van der Waals surface area contributed by atoms with Gasteiger partial charge in [-0.05, 0) is 70.6 Å². The largest absolute Gasteiger partial charge is 0.472 e. The Hall–Kier alpha value is -2.60. The summed E-state index contributed by atoms with van der Waals surface area (Å²) in [5.41, 5.74) is 0. The molecule has 17 nitrogen and oxygen atoms in total. The average molecular weight is 1010 g/mol. The summed E-state index contributed by atoms with van der Waals surface area (Å²) >= 11 is 0. The van der Waals surface area contributed by atoms with Crippen LogP contribution in [-0.4, -0.2) is 114 Å². The summed E-state index contributed by atoms with van der Waals surface area (Å²) in [7, 11) is -10.7. The van der Waals surface area contributed by atoms with Gasteiger partial charge in [0.05, 0.1) is 12.7 Å². The van der Waals surface area contributed by atoms with Crippen LogP contribution in [0.5, 0.6) is 0 Å². The van der Waals surface area contributed by atoms with Crippen LogP contribution >= 0.6 is 15.6 Å². The molecule has 9 atom stereocenters. The van der Waals surface area contributed by atoms with Crippen LogP contribution in [-0.2, 0) is 41.8 Å². The van der Waals surface area contributed by atoms with Crippen molar-refractivity contribution in [3.8, 4) is 0 Å². The maximum atomic E-state index is 13.0. The second kappa shape index (κ2) is 39.1. The van der Waals surface area contributed by atoms with Gasteiger partial charge in [-0.25, -0.2) is 9.13 Å².